The van der Waals surface area contributed by atoms with Crippen LogP contribution >= 0.6 is 24.0 Å². The second kappa shape index (κ2) is 11.5. The number of aliphatic imine (C=N–C) groups is 1. The second-order valence-corrected chi connectivity index (χ2v) is 8.98. The number of guanidine groups is 1. The molecule has 2 aromatic rings. The Labute approximate surface area is 191 Å². The molecule has 0 unspecified atom stereocenters. The molecule has 7 nitrogen and oxygen atoms in total. The Morgan fingerprint density at radius 1 is 1.17 bits per heavy atom. The van der Waals surface area contributed by atoms with Crippen molar-refractivity contribution in [2.45, 2.75) is 52.1 Å². The number of nitrogens with zero attached hydrogens (tertiary/aromatic N) is 3. The lowest BCUT2D eigenvalue weighted by Gasteiger charge is -2.12. The number of benzene rings is 1. The van der Waals surface area contributed by atoms with Crippen LogP contribution in [0.25, 0.3) is 0 Å². The van der Waals surface area contributed by atoms with Crippen molar-refractivity contribution in [3.05, 3.63) is 46.8 Å². The van der Waals surface area contributed by atoms with Crippen LogP contribution in [0.15, 0.2) is 34.2 Å². The van der Waals surface area contributed by atoms with Gasteiger partial charge in [-0.05, 0) is 57.4 Å². The first-order chi connectivity index (χ1) is 13.2. The van der Waals surface area contributed by atoms with Crippen molar-refractivity contribution < 1.29 is 8.42 Å². The minimum Gasteiger partial charge on any atom is -0.357 e. The zero-order chi connectivity index (χ0) is 20.7. The van der Waals surface area contributed by atoms with Crippen molar-refractivity contribution in [2.75, 3.05) is 19.3 Å². The van der Waals surface area contributed by atoms with Crippen molar-refractivity contribution in [3.63, 3.8) is 0 Å². The zero-order valence-corrected chi connectivity index (χ0v) is 21.0. The lowest BCUT2D eigenvalue weighted by Crippen LogP contribution is -2.38. The number of aromatic nitrogens is 2. The van der Waals surface area contributed by atoms with Gasteiger partial charge in [-0.1, -0.05) is 12.1 Å². The number of nitrogens with one attached hydrogen (secondary N) is 2. The Morgan fingerprint density at radius 3 is 2.45 bits per heavy atom. The molecule has 0 aliphatic rings. The summed E-state index contributed by atoms with van der Waals surface area (Å²) in [4.78, 5) is 4.98. The molecule has 0 fully saturated rings. The summed E-state index contributed by atoms with van der Waals surface area (Å²) in [5, 5.41) is 11.0. The lowest BCUT2D eigenvalue weighted by molar-refractivity contribution is 0.555. The first-order valence-corrected chi connectivity index (χ1v) is 11.4. The average Bonchev–Trinajstić information content (AvgIpc) is 2.92. The first kappa shape index (κ1) is 25.4. The van der Waals surface area contributed by atoms with E-state index in [1.165, 1.54) is 11.9 Å². The molecule has 2 N–H and O–H groups in total. The molecule has 0 aliphatic heterocycles. The average molecular weight is 533 g/mol. The molecule has 0 amide bonds. The standard InChI is InChI=1S/C20H31N5O2S.HI/c1-6-21-20(22-10-7-11-25-17(4)13-16(3)24-25)23-14-18-8-9-19(15(2)12-18)28(5,26)27;/h8-9,12-13H,6-7,10-11,14H2,1-5H3,(H2,21,22,23);1H. The van der Waals surface area contributed by atoms with Crippen molar-refractivity contribution in [1.29, 1.82) is 0 Å². The van der Waals surface area contributed by atoms with Crippen molar-refractivity contribution >= 4 is 39.8 Å². The molecule has 1 heterocycles. The first-order valence-electron chi connectivity index (χ1n) is 9.53. The topological polar surface area (TPSA) is 88.4 Å². The Bertz CT molecular complexity index is 938. The van der Waals surface area contributed by atoms with E-state index in [1.54, 1.807) is 6.07 Å². The predicted molar refractivity (Wildman–Crippen MR) is 129 cm³/mol. The molecule has 1 aromatic carbocycles. The van der Waals surface area contributed by atoms with Crippen molar-refractivity contribution in [3.8, 4) is 0 Å². The third kappa shape index (κ3) is 7.96. The molecule has 0 aliphatic carbocycles. The van der Waals surface area contributed by atoms with E-state index in [-0.39, 0.29) is 24.0 Å². The summed E-state index contributed by atoms with van der Waals surface area (Å²) in [6.45, 7) is 10.8. The number of hydrogen-bond donors (Lipinski definition) is 2. The van der Waals surface area contributed by atoms with E-state index < -0.39 is 9.84 Å². The third-order valence-electron chi connectivity index (χ3n) is 4.35. The van der Waals surface area contributed by atoms with E-state index >= 15 is 0 Å². The van der Waals surface area contributed by atoms with Crippen molar-refractivity contribution in [2.24, 2.45) is 4.99 Å². The van der Waals surface area contributed by atoms with Crippen LogP contribution in [0.3, 0.4) is 0 Å². The number of hydrogen-bond acceptors (Lipinski definition) is 4. The molecule has 29 heavy (non-hydrogen) atoms. The van der Waals surface area contributed by atoms with Gasteiger partial charge in [0.1, 0.15) is 0 Å². The summed E-state index contributed by atoms with van der Waals surface area (Å²) >= 11 is 0. The number of halogens is 1. The molecule has 9 heteroatoms. The summed E-state index contributed by atoms with van der Waals surface area (Å²) in [5.74, 6) is 0.751. The highest BCUT2D eigenvalue weighted by Crippen LogP contribution is 2.17. The van der Waals surface area contributed by atoms with E-state index in [0.717, 1.165) is 48.8 Å². The summed E-state index contributed by atoms with van der Waals surface area (Å²) in [5.41, 5.74) is 3.94. The maximum Gasteiger partial charge on any atom is 0.191 e. The van der Waals surface area contributed by atoms with Gasteiger partial charge in [0.2, 0.25) is 0 Å². The summed E-state index contributed by atoms with van der Waals surface area (Å²) < 4.78 is 25.5. The van der Waals surface area contributed by atoms with E-state index in [4.69, 9.17) is 0 Å². The van der Waals surface area contributed by atoms with Gasteiger partial charge in [-0.3, -0.25) is 4.68 Å². The van der Waals surface area contributed by atoms with Crippen LogP contribution in [-0.2, 0) is 22.9 Å². The van der Waals surface area contributed by atoms with E-state index in [9.17, 15) is 8.42 Å². The van der Waals surface area contributed by atoms with Crippen LogP contribution in [-0.4, -0.2) is 43.5 Å². The number of aryl methyl sites for hydroxylation is 4. The summed E-state index contributed by atoms with van der Waals surface area (Å²) in [7, 11) is -3.20. The van der Waals surface area contributed by atoms with Gasteiger partial charge in [0, 0.05) is 31.6 Å². The van der Waals surface area contributed by atoms with Crippen LogP contribution < -0.4 is 10.6 Å². The van der Waals surface area contributed by atoms with E-state index in [0.29, 0.717) is 11.4 Å². The molecular formula is C20H32IN5O2S. The van der Waals surface area contributed by atoms with Gasteiger partial charge >= 0.3 is 0 Å². The maximum absolute atomic E-state index is 11.7. The van der Waals surface area contributed by atoms with Gasteiger partial charge in [0.15, 0.2) is 15.8 Å². The molecule has 0 spiro atoms. The van der Waals surface area contributed by atoms with Gasteiger partial charge in [0.05, 0.1) is 17.1 Å². The maximum atomic E-state index is 11.7. The molecule has 0 atom stereocenters. The molecule has 0 saturated carbocycles. The van der Waals surface area contributed by atoms with Gasteiger partial charge in [-0.25, -0.2) is 13.4 Å². The molecule has 0 bridgehead atoms. The summed E-state index contributed by atoms with van der Waals surface area (Å²) in [6, 6.07) is 7.44. The Kier molecular flexibility index (Phi) is 10.1. The third-order valence-corrected chi connectivity index (χ3v) is 5.60. The quantitative estimate of drug-likeness (QED) is 0.236. The second-order valence-electron chi connectivity index (χ2n) is 7.00. The summed E-state index contributed by atoms with van der Waals surface area (Å²) in [6.07, 6.45) is 2.17. The minimum absolute atomic E-state index is 0. The highest BCUT2D eigenvalue weighted by molar-refractivity contribution is 14.0. The highest BCUT2D eigenvalue weighted by atomic mass is 127. The van der Waals surface area contributed by atoms with Gasteiger partial charge < -0.3 is 10.6 Å². The van der Waals surface area contributed by atoms with Crippen LogP contribution in [0, 0.1) is 20.8 Å². The normalized spacial score (nSPS) is 11.8. The molecular weight excluding hydrogens is 501 g/mol. The van der Waals surface area contributed by atoms with Crippen LogP contribution in [0.2, 0.25) is 0 Å². The molecule has 0 radical (unpaired) electrons. The van der Waals surface area contributed by atoms with E-state index in [1.807, 2.05) is 37.6 Å². The molecule has 162 valence electrons. The van der Waals surface area contributed by atoms with Gasteiger partial charge in [-0.2, -0.15) is 5.10 Å². The number of sulfone groups is 1. The number of rotatable bonds is 8. The molecule has 0 saturated heterocycles. The minimum atomic E-state index is -3.20. The smallest absolute Gasteiger partial charge is 0.191 e. The zero-order valence-electron chi connectivity index (χ0n) is 17.8. The molecule has 2 rings (SSSR count). The van der Waals surface area contributed by atoms with Crippen LogP contribution in [0.5, 0.6) is 0 Å². The van der Waals surface area contributed by atoms with Crippen LogP contribution in [0.1, 0.15) is 35.9 Å². The highest BCUT2D eigenvalue weighted by Gasteiger charge is 2.10. The fraction of sp³-hybridized carbons (Fsp3) is 0.500. The predicted octanol–water partition coefficient (Wildman–Crippen LogP) is 2.98. The van der Waals surface area contributed by atoms with Gasteiger partial charge in [0.25, 0.3) is 0 Å². The lowest BCUT2D eigenvalue weighted by atomic mass is 10.1. The fourth-order valence-electron chi connectivity index (χ4n) is 3.07. The SMILES string of the molecule is CCNC(=NCc1ccc(S(C)(=O)=O)c(C)c1)NCCCn1nc(C)cc1C.I. The monoisotopic (exact) mass is 533 g/mol. The van der Waals surface area contributed by atoms with E-state index in [2.05, 4.69) is 33.7 Å². The largest absolute Gasteiger partial charge is 0.357 e. The van der Waals surface area contributed by atoms with Gasteiger partial charge in [-0.15, -0.1) is 24.0 Å². The van der Waals surface area contributed by atoms with Crippen LogP contribution in [0.4, 0.5) is 0 Å². The van der Waals surface area contributed by atoms with Crippen molar-refractivity contribution in [1.82, 2.24) is 20.4 Å². The molecule has 1 aromatic heterocycles. The fourth-order valence-corrected chi connectivity index (χ4v) is 4.03. The Morgan fingerprint density at radius 2 is 1.90 bits per heavy atom. The Balaban J connectivity index is 0.00000420. The Hall–Kier alpha value is -1.62.